The molecule has 3 rings (SSSR count). The van der Waals surface area contributed by atoms with E-state index in [1.54, 1.807) is 17.1 Å². The Morgan fingerprint density at radius 1 is 1.26 bits per heavy atom. The van der Waals surface area contributed by atoms with E-state index in [1.165, 1.54) is 18.2 Å². The second-order valence-electron chi connectivity index (χ2n) is 6.49. The van der Waals surface area contributed by atoms with Crippen LogP contribution in [0.1, 0.15) is 16.8 Å². The highest BCUT2D eigenvalue weighted by molar-refractivity contribution is 5.94. The molecule has 2 aliphatic heterocycles. The van der Waals surface area contributed by atoms with Crippen LogP contribution in [0.5, 0.6) is 0 Å². The van der Waals surface area contributed by atoms with Crippen LogP contribution in [0.2, 0.25) is 0 Å². The summed E-state index contributed by atoms with van der Waals surface area (Å²) in [5.74, 6) is -1.00. The van der Waals surface area contributed by atoms with Crippen molar-refractivity contribution in [3.63, 3.8) is 0 Å². The van der Waals surface area contributed by atoms with E-state index in [0.717, 1.165) is 6.07 Å². The van der Waals surface area contributed by atoms with Gasteiger partial charge in [0.2, 0.25) is 5.91 Å². The van der Waals surface area contributed by atoms with Crippen molar-refractivity contribution in [2.75, 3.05) is 32.9 Å². The van der Waals surface area contributed by atoms with Gasteiger partial charge in [0.25, 0.3) is 5.91 Å². The summed E-state index contributed by atoms with van der Waals surface area (Å²) in [6.45, 7) is 1.86. The van der Waals surface area contributed by atoms with E-state index in [9.17, 15) is 19.1 Å². The van der Waals surface area contributed by atoms with E-state index in [-0.39, 0.29) is 24.5 Å². The van der Waals surface area contributed by atoms with Crippen molar-refractivity contribution in [1.29, 1.82) is 0 Å². The molecule has 1 aromatic carbocycles. The number of morpholine rings is 1. The van der Waals surface area contributed by atoms with Crippen molar-refractivity contribution in [2.45, 2.75) is 24.7 Å². The zero-order valence-corrected chi connectivity index (χ0v) is 14.8. The molecular formula is C19H23FN2O5. The van der Waals surface area contributed by atoms with E-state index < -0.39 is 30.0 Å². The third kappa shape index (κ3) is 5.12. The Labute approximate surface area is 156 Å². The molecule has 0 unspecified atom stereocenters. The normalized spacial score (nSPS) is 25.3. The fourth-order valence-corrected chi connectivity index (χ4v) is 3.11. The molecule has 3 atom stereocenters. The van der Waals surface area contributed by atoms with Gasteiger partial charge in [-0.3, -0.25) is 9.59 Å². The first kappa shape index (κ1) is 19.5. The highest BCUT2D eigenvalue weighted by Crippen LogP contribution is 2.17. The number of halogens is 1. The lowest BCUT2D eigenvalue weighted by Crippen LogP contribution is -2.49. The number of nitrogens with one attached hydrogen (secondary N) is 1. The first-order chi connectivity index (χ1) is 13.1. The third-order valence-corrected chi connectivity index (χ3v) is 4.59. The molecule has 8 heteroatoms. The van der Waals surface area contributed by atoms with E-state index in [1.807, 2.05) is 0 Å². The monoisotopic (exact) mass is 378 g/mol. The summed E-state index contributed by atoms with van der Waals surface area (Å²) in [4.78, 5) is 26.3. The molecular weight excluding hydrogens is 355 g/mol. The van der Waals surface area contributed by atoms with Crippen molar-refractivity contribution in [2.24, 2.45) is 0 Å². The van der Waals surface area contributed by atoms with Gasteiger partial charge >= 0.3 is 0 Å². The minimum Gasteiger partial charge on any atom is -0.394 e. The lowest BCUT2D eigenvalue weighted by atomic mass is 10.0. The number of aliphatic hydroxyl groups is 1. The van der Waals surface area contributed by atoms with Crippen LogP contribution in [0.4, 0.5) is 4.39 Å². The zero-order valence-electron chi connectivity index (χ0n) is 14.8. The SMILES string of the molecule is O=C(N[C@H]1C=C[C@@H](CC(=O)N2CCOCC2)O[C@@H]1CO)c1cccc(F)c1. The van der Waals surface area contributed by atoms with Crippen LogP contribution in [0.15, 0.2) is 36.4 Å². The van der Waals surface area contributed by atoms with Crippen LogP contribution >= 0.6 is 0 Å². The Morgan fingerprint density at radius 2 is 2.04 bits per heavy atom. The van der Waals surface area contributed by atoms with Crippen LogP contribution in [-0.2, 0) is 14.3 Å². The maximum absolute atomic E-state index is 13.3. The van der Waals surface area contributed by atoms with Gasteiger partial charge in [0, 0.05) is 18.7 Å². The Kier molecular flexibility index (Phi) is 6.54. The molecule has 0 aromatic heterocycles. The Balaban J connectivity index is 1.59. The second kappa shape index (κ2) is 9.07. The average molecular weight is 378 g/mol. The molecule has 2 amide bonds. The largest absolute Gasteiger partial charge is 0.394 e. The summed E-state index contributed by atoms with van der Waals surface area (Å²) in [5.41, 5.74) is 0.185. The molecule has 2 heterocycles. The lowest BCUT2D eigenvalue weighted by Gasteiger charge is -2.33. The molecule has 1 aromatic rings. The van der Waals surface area contributed by atoms with Crippen molar-refractivity contribution in [1.82, 2.24) is 10.2 Å². The quantitative estimate of drug-likeness (QED) is 0.728. The molecule has 0 bridgehead atoms. The molecule has 0 radical (unpaired) electrons. The molecule has 2 aliphatic rings. The highest BCUT2D eigenvalue weighted by atomic mass is 19.1. The first-order valence-electron chi connectivity index (χ1n) is 8.93. The van der Waals surface area contributed by atoms with Crippen molar-refractivity contribution < 1.29 is 28.6 Å². The maximum atomic E-state index is 13.3. The van der Waals surface area contributed by atoms with Gasteiger partial charge in [-0.25, -0.2) is 4.39 Å². The van der Waals surface area contributed by atoms with Crippen LogP contribution in [0.3, 0.4) is 0 Å². The number of benzene rings is 1. The van der Waals surface area contributed by atoms with Gasteiger partial charge in [0.15, 0.2) is 0 Å². The number of rotatable bonds is 5. The topological polar surface area (TPSA) is 88.1 Å². The number of carbonyl (C=O) groups is 2. The summed E-state index contributed by atoms with van der Waals surface area (Å²) in [5, 5.41) is 12.3. The molecule has 7 nitrogen and oxygen atoms in total. The number of amides is 2. The Hall–Kier alpha value is -2.29. The molecule has 146 valence electrons. The Morgan fingerprint density at radius 3 is 2.74 bits per heavy atom. The van der Waals surface area contributed by atoms with Gasteiger partial charge in [0.05, 0.1) is 38.4 Å². The standard InChI is InChI=1S/C19H23FN2O5/c20-14-3-1-2-13(10-14)19(25)21-16-5-4-15(27-17(16)12-23)11-18(24)22-6-8-26-9-7-22/h1-5,10,15-17,23H,6-9,11-12H2,(H,21,25)/t15-,16-,17+/m0/s1. The van der Waals surface area contributed by atoms with E-state index in [2.05, 4.69) is 5.32 Å². The zero-order chi connectivity index (χ0) is 19.2. The number of aliphatic hydroxyl groups excluding tert-OH is 1. The van der Waals surface area contributed by atoms with Crippen molar-refractivity contribution >= 4 is 11.8 Å². The summed E-state index contributed by atoms with van der Waals surface area (Å²) >= 11 is 0. The fraction of sp³-hybridized carbons (Fsp3) is 0.474. The van der Waals surface area contributed by atoms with Gasteiger partial charge in [-0.1, -0.05) is 18.2 Å². The van der Waals surface area contributed by atoms with Gasteiger partial charge < -0.3 is 24.8 Å². The van der Waals surface area contributed by atoms with Crippen molar-refractivity contribution in [3.8, 4) is 0 Å². The number of hydrogen-bond acceptors (Lipinski definition) is 5. The third-order valence-electron chi connectivity index (χ3n) is 4.59. The predicted octanol–water partition coefficient (Wildman–Crippen LogP) is 0.489. The maximum Gasteiger partial charge on any atom is 0.251 e. The fourth-order valence-electron chi connectivity index (χ4n) is 3.11. The molecule has 0 aliphatic carbocycles. The molecule has 0 spiro atoms. The second-order valence-corrected chi connectivity index (χ2v) is 6.49. The van der Waals surface area contributed by atoms with Crippen LogP contribution in [0.25, 0.3) is 0 Å². The molecule has 27 heavy (non-hydrogen) atoms. The number of ether oxygens (including phenoxy) is 2. The van der Waals surface area contributed by atoms with Gasteiger partial charge in [-0.05, 0) is 18.2 Å². The number of nitrogens with zero attached hydrogens (tertiary/aromatic N) is 1. The summed E-state index contributed by atoms with van der Waals surface area (Å²) < 4.78 is 24.3. The summed E-state index contributed by atoms with van der Waals surface area (Å²) in [7, 11) is 0. The first-order valence-corrected chi connectivity index (χ1v) is 8.93. The van der Waals surface area contributed by atoms with Gasteiger partial charge in [-0.2, -0.15) is 0 Å². The van der Waals surface area contributed by atoms with Crippen LogP contribution < -0.4 is 5.32 Å². The van der Waals surface area contributed by atoms with E-state index in [4.69, 9.17) is 9.47 Å². The highest BCUT2D eigenvalue weighted by Gasteiger charge is 2.30. The van der Waals surface area contributed by atoms with Gasteiger partial charge in [0.1, 0.15) is 11.9 Å². The summed E-state index contributed by atoms with van der Waals surface area (Å²) in [6.07, 6.45) is 2.42. The minimum atomic E-state index is -0.685. The van der Waals surface area contributed by atoms with Crippen LogP contribution in [-0.4, -0.2) is 73.0 Å². The number of hydrogen-bond donors (Lipinski definition) is 2. The molecule has 1 fully saturated rings. The summed E-state index contributed by atoms with van der Waals surface area (Å²) in [6, 6.07) is 4.78. The average Bonchev–Trinajstić information content (AvgIpc) is 2.69. The molecule has 2 N–H and O–H groups in total. The molecule has 0 saturated carbocycles. The van der Waals surface area contributed by atoms with E-state index >= 15 is 0 Å². The Bertz CT molecular complexity index is 705. The van der Waals surface area contributed by atoms with Gasteiger partial charge in [-0.15, -0.1) is 0 Å². The predicted molar refractivity (Wildman–Crippen MR) is 94.6 cm³/mol. The molecule has 1 saturated heterocycles. The smallest absolute Gasteiger partial charge is 0.251 e. The van der Waals surface area contributed by atoms with E-state index in [0.29, 0.717) is 26.3 Å². The minimum absolute atomic E-state index is 0.0353. The van der Waals surface area contributed by atoms with Crippen molar-refractivity contribution in [3.05, 3.63) is 47.8 Å². The lowest BCUT2D eigenvalue weighted by molar-refractivity contribution is -0.139. The number of carbonyl (C=O) groups excluding carboxylic acids is 2. The van der Waals surface area contributed by atoms with Crippen LogP contribution in [0, 0.1) is 5.82 Å².